The van der Waals surface area contributed by atoms with Gasteiger partial charge in [-0.3, -0.25) is 0 Å². The summed E-state index contributed by atoms with van der Waals surface area (Å²) in [7, 11) is 0. The van der Waals surface area contributed by atoms with Gasteiger partial charge in [0.1, 0.15) is 16.5 Å². The molecule has 3 aromatic rings. The van der Waals surface area contributed by atoms with Gasteiger partial charge in [-0.05, 0) is 41.6 Å². The highest BCUT2D eigenvalue weighted by Gasteiger charge is 2.08. The molecule has 0 atom stereocenters. The Balaban J connectivity index is 1.82. The number of anilines is 1. The highest BCUT2D eigenvalue weighted by molar-refractivity contribution is 7.98. The maximum absolute atomic E-state index is 13.1. The third kappa shape index (κ3) is 2.62. The number of hydrogen-bond acceptors (Lipinski definition) is 5. The number of rotatable bonds is 3. The summed E-state index contributed by atoms with van der Waals surface area (Å²) >= 11 is 3.06. The summed E-state index contributed by atoms with van der Waals surface area (Å²) in [5.41, 5.74) is 7.92. The van der Waals surface area contributed by atoms with Crippen LogP contribution in [0, 0.1) is 12.7 Å². The number of thiophene rings is 1. The molecule has 0 radical (unpaired) electrons. The highest BCUT2D eigenvalue weighted by atomic mass is 32.2. The minimum atomic E-state index is -0.211. The Morgan fingerprint density at radius 3 is 2.95 bits per heavy atom. The molecule has 0 saturated carbocycles. The molecule has 2 aromatic heterocycles. The molecule has 20 heavy (non-hydrogen) atoms. The van der Waals surface area contributed by atoms with Crippen LogP contribution in [0.5, 0.6) is 0 Å². The lowest BCUT2D eigenvalue weighted by Crippen LogP contribution is -1.96. The van der Waals surface area contributed by atoms with Crippen LogP contribution in [0.1, 0.15) is 11.1 Å². The number of nitrogens with zero attached hydrogens (tertiary/aromatic N) is 2. The van der Waals surface area contributed by atoms with E-state index in [0.29, 0.717) is 16.7 Å². The van der Waals surface area contributed by atoms with Crippen LogP contribution in [0.25, 0.3) is 10.2 Å². The average Bonchev–Trinajstić information content (AvgIpc) is 2.86. The second kappa shape index (κ2) is 5.38. The molecule has 0 aliphatic carbocycles. The van der Waals surface area contributed by atoms with Gasteiger partial charge in [0.05, 0.1) is 5.39 Å². The van der Waals surface area contributed by atoms with Gasteiger partial charge in [-0.15, -0.1) is 11.3 Å². The van der Waals surface area contributed by atoms with Gasteiger partial charge >= 0.3 is 0 Å². The van der Waals surface area contributed by atoms with E-state index in [1.165, 1.54) is 23.9 Å². The quantitative estimate of drug-likeness (QED) is 0.586. The summed E-state index contributed by atoms with van der Waals surface area (Å²) in [6, 6.07) is 6.73. The van der Waals surface area contributed by atoms with E-state index in [-0.39, 0.29) is 5.82 Å². The van der Waals surface area contributed by atoms with Crippen LogP contribution in [0.4, 0.5) is 10.2 Å². The standard InChI is InChI=1S/C14H12FN3S2/c1-8-6-10(15)3-2-9(8)7-20-14-17-12(16)11-4-5-19-13(11)18-14/h2-6H,7H2,1H3,(H2,16,17,18). The molecule has 0 spiro atoms. The van der Waals surface area contributed by atoms with Crippen LogP contribution < -0.4 is 5.73 Å². The maximum atomic E-state index is 13.1. The summed E-state index contributed by atoms with van der Waals surface area (Å²) in [4.78, 5) is 9.67. The van der Waals surface area contributed by atoms with E-state index >= 15 is 0 Å². The molecule has 6 heteroatoms. The Bertz CT molecular complexity index is 770. The van der Waals surface area contributed by atoms with Crippen molar-refractivity contribution < 1.29 is 4.39 Å². The Kier molecular flexibility index (Phi) is 3.58. The molecule has 0 amide bonds. The summed E-state index contributed by atoms with van der Waals surface area (Å²) in [6.07, 6.45) is 0. The van der Waals surface area contributed by atoms with Crippen molar-refractivity contribution in [1.82, 2.24) is 9.97 Å². The first kappa shape index (κ1) is 13.3. The van der Waals surface area contributed by atoms with E-state index in [4.69, 9.17) is 5.73 Å². The van der Waals surface area contributed by atoms with Gasteiger partial charge < -0.3 is 5.73 Å². The Hall–Kier alpha value is -1.66. The minimum absolute atomic E-state index is 0.211. The van der Waals surface area contributed by atoms with Crippen molar-refractivity contribution in [2.45, 2.75) is 17.8 Å². The van der Waals surface area contributed by atoms with Gasteiger partial charge in [-0.2, -0.15) is 0 Å². The number of nitrogens with two attached hydrogens (primary N) is 1. The van der Waals surface area contributed by atoms with Crippen molar-refractivity contribution in [3.8, 4) is 0 Å². The molecular formula is C14H12FN3S2. The lowest BCUT2D eigenvalue weighted by Gasteiger charge is -2.05. The molecule has 2 N–H and O–H groups in total. The Morgan fingerprint density at radius 2 is 2.15 bits per heavy atom. The van der Waals surface area contributed by atoms with Crippen LogP contribution in [0.15, 0.2) is 34.8 Å². The fourth-order valence-corrected chi connectivity index (χ4v) is 3.64. The zero-order chi connectivity index (χ0) is 14.1. The van der Waals surface area contributed by atoms with Crippen LogP contribution in [-0.4, -0.2) is 9.97 Å². The van der Waals surface area contributed by atoms with Crippen molar-refractivity contribution in [2.75, 3.05) is 5.73 Å². The van der Waals surface area contributed by atoms with Crippen molar-refractivity contribution in [1.29, 1.82) is 0 Å². The smallest absolute Gasteiger partial charge is 0.191 e. The number of fused-ring (bicyclic) bond motifs is 1. The van der Waals surface area contributed by atoms with E-state index in [0.717, 1.165) is 21.3 Å². The molecule has 0 saturated heterocycles. The average molecular weight is 305 g/mol. The molecule has 3 nitrogen and oxygen atoms in total. The van der Waals surface area contributed by atoms with Crippen molar-refractivity contribution in [3.63, 3.8) is 0 Å². The van der Waals surface area contributed by atoms with Crippen LogP contribution in [0.3, 0.4) is 0 Å². The highest BCUT2D eigenvalue weighted by Crippen LogP contribution is 2.28. The third-order valence-corrected chi connectivity index (χ3v) is 4.70. The van der Waals surface area contributed by atoms with Crippen molar-refractivity contribution in [3.05, 3.63) is 46.6 Å². The first-order valence-corrected chi connectivity index (χ1v) is 7.88. The molecule has 0 aliphatic heterocycles. The van der Waals surface area contributed by atoms with E-state index in [9.17, 15) is 4.39 Å². The van der Waals surface area contributed by atoms with Crippen molar-refractivity contribution >= 4 is 39.1 Å². The molecule has 0 fully saturated rings. The number of aryl methyl sites for hydroxylation is 1. The van der Waals surface area contributed by atoms with Gasteiger partial charge in [-0.25, -0.2) is 14.4 Å². The monoisotopic (exact) mass is 305 g/mol. The van der Waals surface area contributed by atoms with Gasteiger partial charge in [0, 0.05) is 5.75 Å². The SMILES string of the molecule is Cc1cc(F)ccc1CSc1nc(N)c2ccsc2n1. The van der Waals surface area contributed by atoms with E-state index in [1.807, 2.05) is 18.4 Å². The Labute approximate surface area is 124 Å². The number of aromatic nitrogens is 2. The van der Waals surface area contributed by atoms with Gasteiger partial charge in [0.15, 0.2) is 5.16 Å². The minimum Gasteiger partial charge on any atom is -0.383 e. The molecular weight excluding hydrogens is 293 g/mol. The zero-order valence-electron chi connectivity index (χ0n) is 10.8. The van der Waals surface area contributed by atoms with Crippen LogP contribution in [0.2, 0.25) is 0 Å². The van der Waals surface area contributed by atoms with Crippen molar-refractivity contribution in [2.24, 2.45) is 0 Å². The summed E-state index contributed by atoms with van der Waals surface area (Å²) < 4.78 is 13.1. The molecule has 3 rings (SSSR count). The summed E-state index contributed by atoms with van der Waals surface area (Å²) in [5.74, 6) is 0.994. The lowest BCUT2D eigenvalue weighted by molar-refractivity contribution is 0.626. The molecule has 102 valence electrons. The van der Waals surface area contributed by atoms with Gasteiger partial charge in [0.25, 0.3) is 0 Å². The molecule has 0 bridgehead atoms. The predicted octanol–water partition coefficient (Wildman–Crippen LogP) is 4.01. The first-order chi connectivity index (χ1) is 9.63. The first-order valence-electron chi connectivity index (χ1n) is 6.02. The summed E-state index contributed by atoms with van der Waals surface area (Å²) in [5, 5.41) is 3.51. The van der Waals surface area contributed by atoms with Crippen LogP contribution in [-0.2, 0) is 5.75 Å². The van der Waals surface area contributed by atoms with E-state index in [2.05, 4.69) is 9.97 Å². The normalized spacial score (nSPS) is 11.1. The van der Waals surface area contributed by atoms with E-state index < -0.39 is 0 Å². The van der Waals surface area contributed by atoms with Gasteiger partial charge in [-0.1, -0.05) is 17.8 Å². The molecule has 0 unspecified atom stereocenters. The number of thioether (sulfide) groups is 1. The zero-order valence-corrected chi connectivity index (χ0v) is 12.4. The second-order valence-corrected chi connectivity index (χ2v) is 6.23. The van der Waals surface area contributed by atoms with E-state index in [1.54, 1.807) is 17.4 Å². The molecule has 0 aliphatic rings. The Morgan fingerprint density at radius 1 is 1.30 bits per heavy atom. The maximum Gasteiger partial charge on any atom is 0.191 e. The number of halogens is 1. The summed E-state index contributed by atoms with van der Waals surface area (Å²) in [6.45, 7) is 1.90. The predicted molar refractivity (Wildman–Crippen MR) is 82.5 cm³/mol. The third-order valence-electron chi connectivity index (χ3n) is 3.00. The van der Waals surface area contributed by atoms with Gasteiger partial charge in [0.2, 0.25) is 0 Å². The topological polar surface area (TPSA) is 51.8 Å². The lowest BCUT2D eigenvalue weighted by atomic mass is 10.1. The fourth-order valence-electron chi connectivity index (χ4n) is 1.89. The van der Waals surface area contributed by atoms with Crippen LogP contribution >= 0.6 is 23.1 Å². The number of nitrogen functional groups attached to an aromatic ring is 1. The number of benzene rings is 1. The largest absolute Gasteiger partial charge is 0.383 e. The molecule has 2 heterocycles. The number of hydrogen-bond donors (Lipinski definition) is 1. The second-order valence-electron chi connectivity index (χ2n) is 4.39. The molecule has 1 aromatic carbocycles. The fraction of sp³-hybridized carbons (Fsp3) is 0.143.